The van der Waals surface area contributed by atoms with Crippen LogP contribution >= 0.6 is 15.9 Å². The third-order valence-electron chi connectivity index (χ3n) is 3.40. The predicted octanol–water partition coefficient (Wildman–Crippen LogP) is 5.13. The van der Waals surface area contributed by atoms with Gasteiger partial charge in [-0.15, -0.1) is 0 Å². The third kappa shape index (κ3) is 3.07. The lowest BCUT2D eigenvalue weighted by Crippen LogP contribution is -2.08. The molecule has 1 unspecified atom stereocenters. The Balaban J connectivity index is 2.22. The first-order valence-electron chi connectivity index (χ1n) is 6.02. The zero-order valence-corrected chi connectivity index (χ0v) is 11.4. The SMILES string of the molecule is CC(C)C(CC1CC1)c1cc(F)cc(Br)c1. The van der Waals surface area contributed by atoms with E-state index in [1.165, 1.54) is 25.3 Å². The van der Waals surface area contributed by atoms with Gasteiger partial charge in [-0.2, -0.15) is 0 Å². The fourth-order valence-corrected chi connectivity index (χ4v) is 2.78. The Kier molecular flexibility index (Phi) is 3.68. The Morgan fingerprint density at radius 3 is 2.50 bits per heavy atom. The summed E-state index contributed by atoms with van der Waals surface area (Å²) in [5.74, 6) is 1.83. The maximum Gasteiger partial charge on any atom is 0.124 e. The van der Waals surface area contributed by atoms with Crippen molar-refractivity contribution in [2.75, 3.05) is 0 Å². The molecule has 1 saturated carbocycles. The van der Waals surface area contributed by atoms with Crippen LogP contribution in [0.25, 0.3) is 0 Å². The van der Waals surface area contributed by atoms with Crippen LogP contribution in [-0.2, 0) is 0 Å². The van der Waals surface area contributed by atoms with Crippen LogP contribution in [0.5, 0.6) is 0 Å². The highest BCUT2D eigenvalue weighted by Crippen LogP contribution is 2.42. The minimum absolute atomic E-state index is 0.133. The second-order valence-electron chi connectivity index (χ2n) is 5.23. The highest BCUT2D eigenvalue weighted by atomic mass is 79.9. The first kappa shape index (κ1) is 12.1. The maximum atomic E-state index is 13.4. The molecular formula is C14H18BrF. The molecule has 0 heterocycles. The average Bonchev–Trinajstić information content (AvgIpc) is 2.95. The summed E-state index contributed by atoms with van der Waals surface area (Å²) in [4.78, 5) is 0. The zero-order valence-electron chi connectivity index (χ0n) is 9.84. The molecule has 1 aromatic carbocycles. The lowest BCUT2D eigenvalue weighted by atomic mass is 9.84. The Morgan fingerprint density at radius 2 is 2.00 bits per heavy atom. The van der Waals surface area contributed by atoms with Gasteiger partial charge in [-0.05, 0) is 47.9 Å². The Labute approximate surface area is 105 Å². The molecule has 0 aliphatic heterocycles. The molecule has 0 spiro atoms. The van der Waals surface area contributed by atoms with E-state index in [1.807, 2.05) is 0 Å². The molecule has 1 aliphatic rings. The summed E-state index contributed by atoms with van der Waals surface area (Å²) in [5, 5.41) is 0. The molecule has 1 fully saturated rings. The van der Waals surface area contributed by atoms with Crippen molar-refractivity contribution < 1.29 is 4.39 Å². The molecule has 0 amide bonds. The number of rotatable bonds is 4. The summed E-state index contributed by atoms with van der Waals surface area (Å²) in [5.41, 5.74) is 1.15. The Hall–Kier alpha value is -0.370. The van der Waals surface area contributed by atoms with Gasteiger partial charge in [0.25, 0.3) is 0 Å². The van der Waals surface area contributed by atoms with Crippen LogP contribution in [0, 0.1) is 17.7 Å². The number of benzene rings is 1. The van der Waals surface area contributed by atoms with Crippen molar-refractivity contribution in [3.8, 4) is 0 Å². The van der Waals surface area contributed by atoms with Crippen molar-refractivity contribution in [2.45, 2.75) is 39.0 Å². The van der Waals surface area contributed by atoms with Crippen molar-refractivity contribution in [3.63, 3.8) is 0 Å². The van der Waals surface area contributed by atoms with Crippen LogP contribution in [-0.4, -0.2) is 0 Å². The molecule has 0 bridgehead atoms. The molecule has 1 aliphatic carbocycles. The van der Waals surface area contributed by atoms with Crippen molar-refractivity contribution >= 4 is 15.9 Å². The summed E-state index contributed by atoms with van der Waals surface area (Å²) >= 11 is 3.37. The second kappa shape index (κ2) is 4.87. The van der Waals surface area contributed by atoms with Gasteiger partial charge in [-0.3, -0.25) is 0 Å². The molecule has 0 radical (unpaired) electrons. The molecule has 16 heavy (non-hydrogen) atoms. The van der Waals surface area contributed by atoms with E-state index in [0.29, 0.717) is 11.8 Å². The lowest BCUT2D eigenvalue weighted by molar-refractivity contribution is 0.443. The number of hydrogen-bond donors (Lipinski definition) is 0. The van der Waals surface area contributed by atoms with E-state index in [4.69, 9.17) is 0 Å². The molecule has 1 atom stereocenters. The largest absolute Gasteiger partial charge is 0.207 e. The van der Waals surface area contributed by atoms with Gasteiger partial charge in [-0.25, -0.2) is 4.39 Å². The van der Waals surface area contributed by atoms with E-state index in [9.17, 15) is 4.39 Å². The molecule has 1 aromatic rings. The van der Waals surface area contributed by atoms with Crippen molar-refractivity contribution in [2.24, 2.45) is 11.8 Å². The van der Waals surface area contributed by atoms with Crippen LogP contribution in [0.3, 0.4) is 0 Å². The molecule has 88 valence electrons. The molecule has 0 aromatic heterocycles. The van der Waals surface area contributed by atoms with E-state index < -0.39 is 0 Å². The fraction of sp³-hybridized carbons (Fsp3) is 0.571. The number of halogens is 2. The van der Waals surface area contributed by atoms with Gasteiger partial charge in [0.2, 0.25) is 0 Å². The standard InChI is InChI=1S/C14H18BrF/c1-9(2)14(5-10-3-4-10)11-6-12(15)8-13(16)7-11/h6-10,14H,3-5H2,1-2H3. The molecule has 0 N–H and O–H groups in total. The van der Waals surface area contributed by atoms with Gasteiger partial charge in [0, 0.05) is 4.47 Å². The van der Waals surface area contributed by atoms with Crippen LogP contribution in [0.4, 0.5) is 4.39 Å². The van der Waals surface area contributed by atoms with Crippen molar-refractivity contribution in [3.05, 3.63) is 34.1 Å². The molecular weight excluding hydrogens is 267 g/mol. The Bertz CT molecular complexity index is 349. The zero-order chi connectivity index (χ0) is 11.7. The number of hydrogen-bond acceptors (Lipinski definition) is 0. The van der Waals surface area contributed by atoms with Crippen LogP contribution in [0.1, 0.15) is 44.6 Å². The van der Waals surface area contributed by atoms with E-state index in [2.05, 4.69) is 35.8 Å². The van der Waals surface area contributed by atoms with Gasteiger partial charge < -0.3 is 0 Å². The van der Waals surface area contributed by atoms with Gasteiger partial charge in [-0.1, -0.05) is 42.6 Å². The lowest BCUT2D eigenvalue weighted by Gasteiger charge is -2.21. The summed E-state index contributed by atoms with van der Waals surface area (Å²) in [6.07, 6.45) is 3.94. The second-order valence-corrected chi connectivity index (χ2v) is 6.15. The van der Waals surface area contributed by atoms with Crippen LogP contribution in [0.2, 0.25) is 0 Å². The van der Waals surface area contributed by atoms with Crippen LogP contribution in [0.15, 0.2) is 22.7 Å². The maximum absolute atomic E-state index is 13.4. The first-order chi connectivity index (χ1) is 7.56. The fourth-order valence-electron chi connectivity index (χ4n) is 2.30. The van der Waals surface area contributed by atoms with E-state index in [1.54, 1.807) is 6.07 Å². The van der Waals surface area contributed by atoms with E-state index in [-0.39, 0.29) is 5.82 Å². The third-order valence-corrected chi connectivity index (χ3v) is 3.86. The Morgan fingerprint density at radius 1 is 1.31 bits per heavy atom. The normalized spacial score (nSPS) is 17.8. The average molecular weight is 285 g/mol. The monoisotopic (exact) mass is 284 g/mol. The smallest absolute Gasteiger partial charge is 0.124 e. The molecule has 2 heteroatoms. The molecule has 0 saturated heterocycles. The van der Waals surface area contributed by atoms with E-state index >= 15 is 0 Å². The predicted molar refractivity (Wildman–Crippen MR) is 69.0 cm³/mol. The summed E-state index contributed by atoms with van der Waals surface area (Å²) in [6, 6.07) is 5.28. The minimum atomic E-state index is -0.133. The summed E-state index contributed by atoms with van der Waals surface area (Å²) in [7, 11) is 0. The first-order valence-corrected chi connectivity index (χ1v) is 6.81. The molecule has 0 nitrogen and oxygen atoms in total. The minimum Gasteiger partial charge on any atom is -0.207 e. The molecule has 2 rings (SSSR count). The summed E-state index contributed by atoms with van der Waals surface area (Å²) in [6.45, 7) is 4.46. The highest BCUT2D eigenvalue weighted by Gasteiger charge is 2.28. The van der Waals surface area contributed by atoms with Gasteiger partial charge >= 0.3 is 0 Å². The van der Waals surface area contributed by atoms with Crippen LogP contribution < -0.4 is 0 Å². The van der Waals surface area contributed by atoms with Gasteiger partial charge in [0.05, 0.1) is 0 Å². The van der Waals surface area contributed by atoms with Gasteiger partial charge in [0.15, 0.2) is 0 Å². The van der Waals surface area contributed by atoms with E-state index in [0.717, 1.165) is 16.0 Å². The van der Waals surface area contributed by atoms with Gasteiger partial charge in [0.1, 0.15) is 5.82 Å². The van der Waals surface area contributed by atoms with Crippen molar-refractivity contribution in [1.82, 2.24) is 0 Å². The summed E-state index contributed by atoms with van der Waals surface area (Å²) < 4.78 is 14.2. The van der Waals surface area contributed by atoms with Crippen molar-refractivity contribution in [1.29, 1.82) is 0 Å². The highest BCUT2D eigenvalue weighted by molar-refractivity contribution is 9.10. The topological polar surface area (TPSA) is 0 Å². The quantitative estimate of drug-likeness (QED) is 0.719.